The van der Waals surface area contributed by atoms with Crippen molar-refractivity contribution < 1.29 is 14.3 Å². The lowest BCUT2D eigenvalue weighted by atomic mass is 9.83. The molecule has 9 nitrogen and oxygen atoms in total. The van der Waals surface area contributed by atoms with E-state index >= 15 is 0 Å². The highest BCUT2D eigenvalue weighted by Crippen LogP contribution is 2.27. The first-order valence-electron chi connectivity index (χ1n) is 8.65. The molecule has 0 atom stereocenters. The van der Waals surface area contributed by atoms with Crippen molar-refractivity contribution in [3.05, 3.63) is 23.8 Å². The van der Waals surface area contributed by atoms with E-state index in [2.05, 4.69) is 26.5 Å². The maximum absolute atomic E-state index is 12.4. The van der Waals surface area contributed by atoms with E-state index in [-0.39, 0.29) is 5.56 Å². The Bertz CT molecular complexity index is 863. The van der Waals surface area contributed by atoms with Gasteiger partial charge in [0.2, 0.25) is 0 Å². The number of amides is 1. The Morgan fingerprint density at radius 1 is 1.35 bits per heavy atom. The molecule has 1 N–H and O–H groups in total. The van der Waals surface area contributed by atoms with Gasteiger partial charge in [0, 0.05) is 6.20 Å². The summed E-state index contributed by atoms with van der Waals surface area (Å²) in [6, 6.07) is 2.20. The SMILES string of the molecule is CCc1c(C(=O)OCC(=O)NC2(C#N)CCCCC2)cnc2ncnn12. The van der Waals surface area contributed by atoms with E-state index in [0.29, 0.717) is 30.7 Å². The average molecular weight is 356 g/mol. The molecule has 1 saturated carbocycles. The minimum absolute atomic E-state index is 0.242. The highest BCUT2D eigenvalue weighted by atomic mass is 16.5. The van der Waals surface area contributed by atoms with Crippen LogP contribution in [-0.2, 0) is 16.0 Å². The zero-order chi connectivity index (χ0) is 18.6. The van der Waals surface area contributed by atoms with Crippen LogP contribution in [0.15, 0.2) is 12.5 Å². The van der Waals surface area contributed by atoms with Gasteiger partial charge in [0.25, 0.3) is 11.7 Å². The monoisotopic (exact) mass is 356 g/mol. The molecule has 0 unspecified atom stereocenters. The molecule has 0 saturated heterocycles. The second kappa shape index (κ2) is 7.47. The maximum Gasteiger partial charge on any atom is 0.342 e. The fourth-order valence-corrected chi connectivity index (χ4v) is 3.27. The van der Waals surface area contributed by atoms with Gasteiger partial charge in [-0.15, -0.1) is 0 Å². The minimum Gasteiger partial charge on any atom is -0.452 e. The Kier molecular flexibility index (Phi) is 5.11. The van der Waals surface area contributed by atoms with Gasteiger partial charge in [-0.05, 0) is 19.3 Å². The molecule has 0 aliphatic heterocycles. The molecule has 1 aliphatic carbocycles. The second-order valence-electron chi connectivity index (χ2n) is 6.32. The molecule has 1 aliphatic rings. The number of ether oxygens (including phenoxy) is 1. The summed E-state index contributed by atoms with van der Waals surface area (Å²) in [5, 5.41) is 16.2. The summed E-state index contributed by atoms with van der Waals surface area (Å²) in [5.41, 5.74) is 0.00184. The van der Waals surface area contributed by atoms with Crippen LogP contribution in [0, 0.1) is 11.3 Å². The number of rotatable bonds is 5. The Morgan fingerprint density at radius 3 is 2.81 bits per heavy atom. The van der Waals surface area contributed by atoms with E-state index in [1.54, 1.807) is 0 Å². The highest BCUT2D eigenvalue weighted by Gasteiger charge is 2.33. The molecule has 0 spiro atoms. The smallest absolute Gasteiger partial charge is 0.342 e. The molecule has 2 heterocycles. The topological polar surface area (TPSA) is 122 Å². The van der Waals surface area contributed by atoms with Gasteiger partial charge in [-0.25, -0.2) is 14.3 Å². The van der Waals surface area contributed by atoms with E-state index < -0.39 is 24.0 Å². The van der Waals surface area contributed by atoms with Gasteiger partial charge in [0.05, 0.1) is 17.3 Å². The Labute approximate surface area is 150 Å². The van der Waals surface area contributed by atoms with Crippen molar-refractivity contribution in [1.82, 2.24) is 24.9 Å². The van der Waals surface area contributed by atoms with Gasteiger partial charge in [0.1, 0.15) is 11.9 Å². The molecule has 0 radical (unpaired) electrons. The van der Waals surface area contributed by atoms with Crippen LogP contribution in [0.25, 0.3) is 5.78 Å². The summed E-state index contributed by atoms with van der Waals surface area (Å²) >= 11 is 0. The lowest BCUT2D eigenvalue weighted by molar-refractivity contribution is -0.125. The summed E-state index contributed by atoms with van der Waals surface area (Å²) in [4.78, 5) is 32.6. The third-order valence-electron chi connectivity index (χ3n) is 4.59. The number of hydrogen-bond acceptors (Lipinski definition) is 7. The van der Waals surface area contributed by atoms with E-state index in [0.717, 1.165) is 19.3 Å². The van der Waals surface area contributed by atoms with E-state index in [1.807, 2.05) is 6.92 Å². The molecular weight excluding hydrogens is 336 g/mol. The first-order valence-corrected chi connectivity index (χ1v) is 8.65. The number of esters is 1. The molecule has 1 amide bonds. The summed E-state index contributed by atoms with van der Waals surface area (Å²) in [6.07, 6.45) is 7.36. The fourth-order valence-electron chi connectivity index (χ4n) is 3.27. The van der Waals surface area contributed by atoms with Crippen LogP contribution in [0.1, 0.15) is 55.1 Å². The summed E-state index contributed by atoms with van der Waals surface area (Å²) < 4.78 is 6.60. The molecule has 0 aromatic carbocycles. The number of nitriles is 1. The highest BCUT2D eigenvalue weighted by molar-refractivity contribution is 5.92. The number of carbonyl (C=O) groups is 2. The third-order valence-corrected chi connectivity index (χ3v) is 4.59. The molecule has 9 heteroatoms. The summed E-state index contributed by atoms with van der Waals surface area (Å²) in [5.74, 6) is -0.740. The quantitative estimate of drug-likeness (QED) is 0.798. The number of nitrogens with zero attached hydrogens (tertiary/aromatic N) is 5. The summed E-state index contributed by atoms with van der Waals surface area (Å²) in [7, 11) is 0. The molecule has 1 fully saturated rings. The molecule has 2 aromatic rings. The lowest BCUT2D eigenvalue weighted by Gasteiger charge is -2.31. The average Bonchev–Trinajstić information content (AvgIpc) is 3.14. The normalized spacial score (nSPS) is 16.0. The molecule has 3 rings (SSSR count). The first kappa shape index (κ1) is 17.8. The number of fused-ring (bicyclic) bond motifs is 1. The lowest BCUT2D eigenvalue weighted by Crippen LogP contribution is -2.50. The van der Waals surface area contributed by atoms with Crippen LogP contribution in [0.5, 0.6) is 0 Å². The molecule has 26 heavy (non-hydrogen) atoms. The Balaban J connectivity index is 1.65. The Hall–Kier alpha value is -3.02. The fraction of sp³-hybridized carbons (Fsp3) is 0.529. The standard InChI is InChI=1S/C17H20N6O3/c1-2-13-12(8-19-16-20-11-21-23(13)16)15(25)26-9-14(24)22-17(10-18)6-4-3-5-7-17/h8,11H,2-7,9H2,1H3,(H,22,24). The van der Waals surface area contributed by atoms with Gasteiger partial charge in [0.15, 0.2) is 6.61 Å². The van der Waals surface area contributed by atoms with Crippen molar-refractivity contribution in [3.63, 3.8) is 0 Å². The molecule has 0 bridgehead atoms. The number of nitrogens with one attached hydrogen (secondary N) is 1. The van der Waals surface area contributed by atoms with Crippen molar-refractivity contribution >= 4 is 17.7 Å². The molecule has 2 aromatic heterocycles. The minimum atomic E-state index is -0.850. The predicted octanol–water partition coefficient (Wildman–Crippen LogP) is 1.19. The van der Waals surface area contributed by atoms with Crippen LogP contribution in [-0.4, -0.2) is 43.6 Å². The van der Waals surface area contributed by atoms with Gasteiger partial charge < -0.3 is 10.1 Å². The van der Waals surface area contributed by atoms with Crippen molar-refractivity contribution in [2.75, 3.05) is 6.61 Å². The van der Waals surface area contributed by atoms with Crippen molar-refractivity contribution in [1.29, 1.82) is 5.26 Å². The zero-order valence-corrected chi connectivity index (χ0v) is 14.6. The molecular formula is C17H20N6O3. The molecule has 136 valence electrons. The first-order chi connectivity index (χ1) is 12.6. The van der Waals surface area contributed by atoms with Crippen LogP contribution in [0.3, 0.4) is 0 Å². The number of carbonyl (C=O) groups excluding carboxylic acids is 2. The van der Waals surface area contributed by atoms with E-state index in [9.17, 15) is 14.9 Å². The van der Waals surface area contributed by atoms with E-state index in [4.69, 9.17) is 4.74 Å². The van der Waals surface area contributed by atoms with Crippen LogP contribution >= 0.6 is 0 Å². The van der Waals surface area contributed by atoms with Gasteiger partial charge in [-0.1, -0.05) is 26.2 Å². The van der Waals surface area contributed by atoms with Crippen LogP contribution < -0.4 is 5.32 Å². The Morgan fingerprint density at radius 2 is 2.12 bits per heavy atom. The van der Waals surface area contributed by atoms with Crippen molar-refractivity contribution in [2.45, 2.75) is 51.0 Å². The predicted molar refractivity (Wildman–Crippen MR) is 90.0 cm³/mol. The zero-order valence-electron chi connectivity index (χ0n) is 14.6. The van der Waals surface area contributed by atoms with Gasteiger partial charge in [-0.2, -0.15) is 15.3 Å². The third kappa shape index (κ3) is 3.49. The van der Waals surface area contributed by atoms with Gasteiger partial charge >= 0.3 is 5.97 Å². The van der Waals surface area contributed by atoms with Crippen LogP contribution in [0.2, 0.25) is 0 Å². The largest absolute Gasteiger partial charge is 0.452 e. The van der Waals surface area contributed by atoms with E-state index in [1.165, 1.54) is 17.0 Å². The maximum atomic E-state index is 12.4. The van der Waals surface area contributed by atoms with Crippen molar-refractivity contribution in [2.24, 2.45) is 0 Å². The van der Waals surface area contributed by atoms with Gasteiger partial charge in [-0.3, -0.25) is 4.79 Å². The van der Waals surface area contributed by atoms with Crippen molar-refractivity contribution in [3.8, 4) is 6.07 Å². The number of hydrogen-bond donors (Lipinski definition) is 1. The van der Waals surface area contributed by atoms with Crippen LogP contribution in [0.4, 0.5) is 0 Å². The summed E-state index contributed by atoms with van der Waals surface area (Å²) in [6.45, 7) is 1.43. The number of aryl methyl sites for hydroxylation is 1. The number of aromatic nitrogens is 4. The second-order valence-corrected chi connectivity index (χ2v) is 6.32.